The van der Waals surface area contributed by atoms with E-state index in [1.165, 1.54) is 7.11 Å². The van der Waals surface area contributed by atoms with Crippen LogP contribution < -0.4 is 15.4 Å². The second-order valence-corrected chi connectivity index (χ2v) is 3.83. The molecule has 1 aromatic heterocycles. The zero-order chi connectivity index (χ0) is 12.1. The molecular weight excluding hydrogens is 206 g/mol. The lowest BCUT2D eigenvalue weighted by atomic mass is 10.2. The van der Waals surface area contributed by atoms with E-state index in [1.54, 1.807) is 13.0 Å². The Morgan fingerprint density at radius 1 is 1.56 bits per heavy atom. The van der Waals surface area contributed by atoms with Crippen molar-refractivity contribution in [2.75, 3.05) is 31.3 Å². The predicted octanol–water partition coefficient (Wildman–Crippen LogP) is 0.880. The number of aromatic nitrogens is 1. The maximum Gasteiger partial charge on any atom is 0.238 e. The van der Waals surface area contributed by atoms with Gasteiger partial charge in [0.1, 0.15) is 5.82 Å². The Balaban J connectivity index is 2.72. The van der Waals surface area contributed by atoms with Crippen LogP contribution in [0.25, 0.3) is 0 Å². The maximum absolute atomic E-state index is 9.20. The van der Waals surface area contributed by atoms with Crippen molar-refractivity contribution in [1.29, 1.82) is 0 Å². The number of hydrogen-bond acceptors (Lipinski definition) is 5. The fourth-order valence-corrected chi connectivity index (χ4v) is 1.31. The maximum atomic E-state index is 9.20. The summed E-state index contributed by atoms with van der Waals surface area (Å²) in [5, 5.41) is 9.20. The van der Waals surface area contributed by atoms with E-state index in [4.69, 9.17) is 10.5 Å². The molecule has 0 bridgehead atoms. The highest BCUT2D eigenvalue weighted by molar-refractivity contribution is 5.54. The molecule has 0 fully saturated rings. The molecule has 0 saturated carbocycles. The molecule has 0 aliphatic heterocycles. The van der Waals surface area contributed by atoms with E-state index in [0.29, 0.717) is 18.0 Å². The zero-order valence-electron chi connectivity index (χ0n) is 9.97. The van der Waals surface area contributed by atoms with Crippen LogP contribution in [0.3, 0.4) is 0 Å². The van der Waals surface area contributed by atoms with E-state index in [0.717, 1.165) is 12.4 Å². The van der Waals surface area contributed by atoms with Crippen LogP contribution in [0.2, 0.25) is 0 Å². The van der Waals surface area contributed by atoms with Gasteiger partial charge in [0.15, 0.2) is 0 Å². The van der Waals surface area contributed by atoms with Crippen LogP contribution in [0.15, 0.2) is 12.1 Å². The fraction of sp³-hybridized carbons (Fsp3) is 0.545. The number of nitrogens with zero attached hydrogens (tertiary/aromatic N) is 2. The second kappa shape index (κ2) is 5.55. The van der Waals surface area contributed by atoms with E-state index in [2.05, 4.69) is 4.98 Å². The quantitative estimate of drug-likeness (QED) is 0.778. The average molecular weight is 225 g/mol. The molecule has 1 atom stereocenters. The van der Waals surface area contributed by atoms with Crippen LogP contribution >= 0.6 is 0 Å². The van der Waals surface area contributed by atoms with Gasteiger partial charge in [0.05, 0.1) is 18.9 Å². The van der Waals surface area contributed by atoms with Gasteiger partial charge in [-0.05, 0) is 25.5 Å². The van der Waals surface area contributed by atoms with Crippen molar-refractivity contribution in [3.05, 3.63) is 12.1 Å². The summed E-state index contributed by atoms with van der Waals surface area (Å²) in [6.07, 6.45) is 0.392. The molecule has 1 unspecified atom stereocenters. The first-order valence-electron chi connectivity index (χ1n) is 5.24. The highest BCUT2D eigenvalue weighted by atomic mass is 16.5. The minimum Gasteiger partial charge on any atom is -0.479 e. The molecular formula is C11H19N3O2. The van der Waals surface area contributed by atoms with Gasteiger partial charge in [-0.1, -0.05) is 0 Å². The van der Waals surface area contributed by atoms with Crippen LogP contribution in [0.1, 0.15) is 13.3 Å². The van der Waals surface area contributed by atoms with Crippen LogP contribution in [0.4, 0.5) is 11.5 Å². The molecule has 0 aromatic carbocycles. The average Bonchev–Trinajstić information content (AvgIpc) is 2.26. The lowest BCUT2D eigenvalue weighted by Crippen LogP contribution is -2.22. The molecule has 3 N–H and O–H groups in total. The minimum absolute atomic E-state index is 0.307. The van der Waals surface area contributed by atoms with Crippen molar-refractivity contribution >= 4 is 11.5 Å². The third-order valence-electron chi connectivity index (χ3n) is 2.34. The number of methoxy groups -OCH3 is 1. The third kappa shape index (κ3) is 3.27. The molecule has 90 valence electrons. The molecule has 0 amide bonds. The van der Waals surface area contributed by atoms with Gasteiger partial charge in [0.2, 0.25) is 5.88 Å². The SMILES string of the molecule is COc1nc(N(C)CCC(C)O)ccc1N. The summed E-state index contributed by atoms with van der Waals surface area (Å²) in [4.78, 5) is 6.22. The summed E-state index contributed by atoms with van der Waals surface area (Å²) in [5.41, 5.74) is 6.20. The van der Waals surface area contributed by atoms with Crippen LogP contribution in [-0.4, -0.2) is 36.9 Å². The van der Waals surface area contributed by atoms with Gasteiger partial charge >= 0.3 is 0 Å². The molecule has 0 aliphatic carbocycles. The second-order valence-electron chi connectivity index (χ2n) is 3.83. The van der Waals surface area contributed by atoms with E-state index < -0.39 is 0 Å². The lowest BCUT2D eigenvalue weighted by molar-refractivity contribution is 0.187. The Morgan fingerprint density at radius 2 is 2.25 bits per heavy atom. The van der Waals surface area contributed by atoms with Gasteiger partial charge in [0, 0.05) is 13.6 Å². The summed E-state index contributed by atoms with van der Waals surface area (Å²) < 4.78 is 5.05. The van der Waals surface area contributed by atoms with Gasteiger partial charge in [0.25, 0.3) is 0 Å². The van der Waals surface area contributed by atoms with Crippen LogP contribution in [0.5, 0.6) is 5.88 Å². The van der Waals surface area contributed by atoms with E-state index in [1.807, 2.05) is 18.0 Å². The van der Waals surface area contributed by atoms with Crippen LogP contribution in [0, 0.1) is 0 Å². The van der Waals surface area contributed by atoms with E-state index >= 15 is 0 Å². The molecule has 5 heteroatoms. The molecule has 5 nitrogen and oxygen atoms in total. The largest absolute Gasteiger partial charge is 0.479 e. The molecule has 1 rings (SSSR count). The van der Waals surface area contributed by atoms with Crippen molar-refractivity contribution < 1.29 is 9.84 Å². The highest BCUT2D eigenvalue weighted by Crippen LogP contribution is 2.22. The molecule has 0 saturated heterocycles. The van der Waals surface area contributed by atoms with Gasteiger partial charge in [-0.15, -0.1) is 0 Å². The first kappa shape index (κ1) is 12.6. The van der Waals surface area contributed by atoms with Crippen molar-refractivity contribution in [2.45, 2.75) is 19.4 Å². The monoisotopic (exact) mass is 225 g/mol. The summed E-state index contributed by atoms with van der Waals surface area (Å²) in [7, 11) is 3.46. The number of ether oxygens (including phenoxy) is 1. The number of nitrogens with two attached hydrogens (primary N) is 1. The Kier molecular flexibility index (Phi) is 4.37. The molecule has 0 radical (unpaired) electrons. The highest BCUT2D eigenvalue weighted by Gasteiger charge is 2.07. The normalized spacial score (nSPS) is 12.2. The Morgan fingerprint density at radius 3 is 2.81 bits per heavy atom. The first-order chi connectivity index (χ1) is 7.54. The smallest absolute Gasteiger partial charge is 0.238 e. The van der Waals surface area contributed by atoms with Crippen molar-refractivity contribution in [2.24, 2.45) is 0 Å². The topological polar surface area (TPSA) is 71.6 Å². The summed E-state index contributed by atoms with van der Waals surface area (Å²) >= 11 is 0. The molecule has 16 heavy (non-hydrogen) atoms. The first-order valence-corrected chi connectivity index (χ1v) is 5.24. The number of nitrogen functional groups attached to an aromatic ring is 1. The lowest BCUT2D eigenvalue weighted by Gasteiger charge is -2.19. The van der Waals surface area contributed by atoms with Gasteiger partial charge < -0.3 is 20.5 Å². The van der Waals surface area contributed by atoms with Crippen molar-refractivity contribution in [3.8, 4) is 5.88 Å². The number of anilines is 2. The fourth-order valence-electron chi connectivity index (χ4n) is 1.31. The Labute approximate surface area is 95.8 Å². The van der Waals surface area contributed by atoms with Crippen molar-refractivity contribution in [1.82, 2.24) is 4.98 Å². The van der Waals surface area contributed by atoms with Crippen LogP contribution in [-0.2, 0) is 0 Å². The standard InChI is InChI=1S/C11H19N3O2/c1-8(15)6-7-14(2)10-5-4-9(12)11(13-10)16-3/h4-5,8,15H,6-7,12H2,1-3H3. The van der Waals surface area contributed by atoms with Crippen molar-refractivity contribution in [3.63, 3.8) is 0 Å². The number of rotatable bonds is 5. The number of aliphatic hydroxyl groups is 1. The molecule has 1 heterocycles. The third-order valence-corrected chi connectivity index (χ3v) is 2.34. The molecule has 1 aromatic rings. The zero-order valence-corrected chi connectivity index (χ0v) is 9.97. The molecule has 0 spiro atoms. The van der Waals surface area contributed by atoms with Gasteiger partial charge in [-0.3, -0.25) is 0 Å². The predicted molar refractivity (Wildman–Crippen MR) is 64.8 cm³/mol. The van der Waals surface area contributed by atoms with Gasteiger partial charge in [-0.25, -0.2) is 0 Å². The molecule has 0 aliphatic rings. The summed E-state index contributed by atoms with van der Waals surface area (Å²) in [6, 6.07) is 3.60. The number of hydrogen-bond donors (Lipinski definition) is 2. The Bertz CT molecular complexity index is 342. The summed E-state index contributed by atoms with van der Waals surface area (Å²) in [5.74, 6) is 1.22. The summed E-state index contributed by atoms with van der Waals surface area (Å²) in [6.45, 7) is 2.50. The number of pyridine rings is 1. The van der Waals surface area contributed by atoms with E-state index in [9.17, 15) is 5.11 Å². The Hall–Kier alpha value is -1.49. The number of aliphatic hydroxyl groups excluding tert-OH is 1. The van der Waals surface area contributed by atoms with Gasteiger partial charge in [-0.2, -0.15) is 4.98 Å². The minimum atomic E-state index is -0.307. The van der Waals surface area contributed by atoms with E-state index in [-0.39, 0.29) is 6.10 Å².